The molecule has 0 saturated heterocycles. The summed E-state index contributed by atoms with van der Waals surface area (Å²) in [6.07, 6.45) is 3.21. The summed E-state index contributed by atoms with van der Waals surface area (Å²) in [4.78, 5) is 43.3. The minimum absolute atomic E-state index is 0.00723. The number of ketones is 3. The van der Waals surface area contributed by atoms with Gasteiger partial charge in [0.25, 0.3) is 0 Å². The molecule has 2 atom stereocenters. The Kier molecular flexibility index (Phi) is 6.30. The summed E-state index contributed by atoms with van der Waals surface area (Å²) < 4.78 is 5.87. The van der Waals surface area contributed by atoms with Gasteiger partial charge in [-0.1, -0.05) is 48.5 Å². The molecule has 1 unspecified atom stereocenters. The summed E-state index contributed by atoms with van der Waals surface area (Å²) in [5.74, 6) is -2.57. The average molecular weight is 563 g/mol. The molecule has 0 bridgehead atoms. The average Bonchev–Trinajstić information content (AvgIpc) is 3.52. The van der Waals surface area contributed by atoms with Crippen molar-refractivity contribution in [3.8, 4) is 17.2 Å². The normalized spacial score (nSPS) is 19.6. The third-order valence-electron chi connectivity index (χ3n) is 8.53. The van der Waals surface area contributed by atoms with Gasteiger partial charge in [0.05, 0.1) is 11.1 Å². The fourth-order valence-corrected chi connectivity index (χ4v) is 6.18. The molecule has 6 rings (SSSR count). The van der Waals surface area contributed by atoms with Crippen LogP contribution in [-0.4, -0.2) is 39.1 Å². The summed E-state index contributed by atoms with van der Waals surface area (Å²) in [6.45, 7) is 6.36. The van der Waals surface area contributed by atoms with Crippen LogP contribution < -0.4 is 10.1 Å². The molecule has 0 radical (unpaired) electrons. The molecule has 0 fully saturated rings. The number of para-hydroxylation sites is 1. The van der Waals surface area contributed by atoms with Crippen LogP contribution in [0.1, 0.15) is 59.3 Å². The SMILES string of the molecule is CC(=O)c1c(O)c(C)c(O)c2c1OC1=CC(=O)/C(=C(/C)NCC(c3ccccc3)c3c[nH]c4ccccc34)C(=O)[C@]12C. The van der Waals surface area contributed by atoms with Crippen molar-refractivity contribution in [2.45, 2.75) is 39.0 Å². The van der Waals surface area contributed by atoms with Gasteiger partial charge in [-0.05, 0) is 44.9 Å². The Hall–Kier alpha value is -5.11. The van der Waals surface area contributed by atoms with Crippen molar-refractivity contribution >= 4 is 28.3 Å². The maximum Gasteiger partial charge on any atom is 0.194 e. The monoisotopic (exact) mass is 562 g/mol. The van der Waals surface area contributed by atoms with Crippen LogP contribution in [-0.2, 0) is 15.0 Å². The standard InChI is InChI=1S/C34H30N2O6/c1-17-30(39)28(19(3)37)32-29(31(17)40)34(4)26(42-32)14-25(38)27(33(34)41)18(2)35-15-22(20-10-6-5-7-11-20)23-16-36-24-13-9-8-12-21(23)24/h5-14,16,22,35-36,39-40H,15H2,1-4H3/b27-18+/t22?,34-/m1/s1. The fourth-order valence-electron chi connectivity index (χ4n) is 6.18. The van der Waals surface area contributed by atoms with E-state index in [2.05, 4.69) is 16.4 Å². The van der Waals surface area contributed by atoms with E-state index in [1.165, 1.54) is 19.9 Å². The Morgan fingerprint density at radius 3 is 2.43 bits per heavy atom. The van der Waals surface area contributed by atoms with Crippen LogP contribution in [0.4, 0.5) is 0 Å². The van der Waals surface area contributed by atoms with Crippen molar-refractivity contribution in [3.63, 3.8) is 0 Å². The quantitative estimate of drug-likeness (QED) is 0.139. The maximum atomic E-state index is 14.2. The molecule has 2 heterocycles. The first kappa shape index (κ1) is 27.1. The second-order valence-corrected chi connectivity index (χ2v) is 11.0. The first-order valence-corrected chi connectivity index (χ1v) is 13.7. The van der Waals surface area contributed by atoms with Gasteiger partial charge in [-0.25, -0.2) is 0 Å². The van der Waals surface area contributed by atoms with Crippen molar-refractivity contribution in [2.24, 2.45) is 0 Å². The Morgan fingerprint density at radius 1 is 1.02 bits per heavy atom. The van der Waals surface area contributed by atoms with Gasteiger partial charge in [-0.2, -0.15) is 0 Å². The van der Waals surface area contributed by atoms with Gasteiger partial charge >= 0.3 is 0 Å². The molecule has 212 valence electrons. The van der Waals surface area contributed by atoms with Gasteiger partial charge < -0.3 is 25.3 Å². The largest absolute Gasteiger partial charge is 0.507 e. The highest BCUT2D eigenvalue weighted by Gasteiger charge is 2.56. The zero-order valence-electron chi connectivity index (χ0n) is 23.7. The number of aromatic nitrogens is 1. The topological polar surface area (TPSA) is 129 Å². The van der Waals surface area contributed by atoms with Crippen molar-refractivity contribution in [1.82, 2.24) is 10.3 Å². The zero-order chi connectivity index (χ0) is 29.9. The van der Waals surface area contributed by atoms with Crippen molar-refractivity contribution in [2.75, 3.05) is 6.54 Å². The van der Waals surface area contributed by atoms with E-state index in [9.17, 15) is 24.6 Å². The third-order valence-corrected chi connectivity index (χ3v) is 8.53. The first-order chi connectivity index (χ1) is 20.1. The van der Waals surface area contributed by atoms with Gasteiger partial charge in [-0.15, -0.1) is 0 Å². The van der Waals surface area contributed by atoms with E-state index >= 15 is 0 Å². The number of carbonyl (C=O) groups excluding carboxylic acids is 3. The van der Waals surface area contributed by atoms with Crippen LogP contribution in [0.3, 0.4) is 0 Å². The number of phenols is 2. The molecule has 1 aliphatic carbocycles. The fraction of sp³-hybridized carbons (Fsp3) is 0.206. The van der Waals surface area contributed by atoms with Gasteiger partial charge in [0.1, 0.15) is 34.0 Å². The third kappa shape index (κ3) is 3.86. The molecule has 4 N–H and O–H groups in total. The number of hydrogen-bond acceptors (Lipinski definition) is 7. The summed E-state index contributed by atoms with van der Waals surface area (Å²) >= 11 is 0. The van der Waals surface area contributed by atoms with E-state index in [0.717, 1.165) is 22.0 Å². The number of carbonyl (C=O) groups is 3. The predicted octanol–water partition coefficient (Wildman–Crippen LogP) is 5.47. The van der Waals surface area contributed by atoms with Crippen LogP contribution in [0.15, 0.2) is 83.9 Å². The lowest BCUT2D eigenvalue weighted by atomic mass is 9.70. The lowest BCUT2D eigenvalue weighted by Gasteiger charge is -2.29. The summed E-state index contributed by atoms with van der Waals surface area (Å²) in [5, 5.41) is 26.1. The number of H-pyrrole nitrogens is 1. The van der Waals surface area contributed by atoms with E-state index < -0.39 is 28.5 Å². The van der Waals surface area contributed by atoms with Gasteiger partial charge in [0.2, 0.25) is 0 Å². The molecule has 42 heavy (non-hydrogen) atoms. The molecule has 1 aromatic heterocycles. The van der Waals surface area contributed by atoms with Crippen LogP contribution in [0, 0.1) is 6.92 Å². The molecule has 3 aromatic carbocycles. The van der Waals surface area contributed by atoms with Crippen LogP contribution >= 0.6 is 0 Å². The number of nitrogens with one attached hydrogen (secondary N) is 2. The smallest absolute Gasteiger partial charge is 0.194 e. The number of Topliss-reactive ketones (excluding diaryl/α,β-unsaturated/α-hetero) is 2. The van der Waals surface area contributed by atoms with Crippen molar-refractivity contribution < 1.29 is 29.3 Å². The second kappa shape index (κ2) is 9.76. The Morgan fingerprint density at radius 2 is 1.71 bits per heavy atom. The highest BCUT2D eigenvalue weighted by Crippen LogP contribution is 2.57. The number of aromatic amines is 1. The summed E-state index contributed by atoms with van der Waals surface area (Å²) in [5.41, 5.74) is 1.91. The molecule has 2 aliphatic rings. The van der Waals surface area contributed by atoms with Crippen LogP contribution in [0.5, 0.6) is 17.2 Å². The highest BCUT2D eigenvalue weighted by molar-refractivity contribution is 6.31. The van der Waals surface area contributed by atoms with Crippen LogP contribution in [0.2, 0.25) is 0 Å². The molecule has 0 amide bonds. The Bertz CT molecular complexity index is 1880. The number of aromatic hydroxyl groups is 2. The number of phenolic OH excluding ortho intramolecular Hbond substituents is 2. The van der Waals surface area contributed by atoms with Gasteiger partial charge in [0.15, 0.2) is 17.3 Å². The molecule has 0 spiro atoms. The number of fused-ring (bicyclic) bond motifs is 4. The molecule has 8 heteroatoms. The number of allylic oxidation sites excluding steroid dienone is 4. The minimum Gasteiger partial charge on any atom is -0.507 e. The minimum atomic E-state index is -1.57. The zero-order valence-corrected chi connectivity index (χ0v) is 23.7. The molecular formula is C34H30N2O6. The van der Waals surface area contributed by atoms with Crippen molar-refractivity contribution in [1.29, 1.82) is 0 Å². The molecule has 4 aromatic rings. The van der Waals surface area contributed by atoms with Crippen molar-refractivity contribution in [3.05, 3.63) is 112 Å². The lowest BCUT2D eigenvalue weighted by molar-refractivity contribution is -0.123. The number of ether oxygens (including phenoxy) is 1. The van der Waals surface area contributed by atoms with Crippen LogP contribution in [0.25, 0.3) is 10.9 Å². The molecule has 8 nitrogen and oxygen atoms in total. The number of benzene rings is 3. The number of rotatable bonds is 6. The van der Waals surface area contributed by atoms with Gasteiger partial charge in [-0.3, -0.25) is 14.4 Å². The lowest BCUT2D eigenvalue weighted by Crippen LogP contribution is -2.41. The Labute approximate surface area is 242 Å². The van der Waals surface area contributed by atoms with E-state index in [-0.39, 0.29) is 45.4 Å². The molecule has 0 saturated carbocycles. The van der Waals surface area contributed by atoms with E-state index in [0.29, 0.717) is 12.2 Å². The predicted molar refractivity (Wildman–Crippen MR) is 158 cm³/mol. The van der Waals surface area contributed by atoms with E-state index in [1.807, 2.05) is 54.7 Å². The highest BCUT2D eigenvalue weighted by atomic mass is 16.5. The summed E-state index contributed by atoms with van der Waals surface area (Å²) in [6, 6.07) is 18.0. The second-order valence-electron chi connectivity index (χ2n) is 11.0. The molecular weight excluding hydrogens is 532 g/mol. The van der Waals surface area contributed by atoms with E-state index in [1.54, 1.807) is 13.8 Å². The first-order valence-electron chi connectivity index (χ1n) is 13.7. The maximum absolute atomic E-state index is 14.2. The summed E-state index contributed by atoms with van der Waals surface area (Å²) in [7, 11) is 0. The number of hydrogen-bond donors (Lipinski definition) is 4. The molecule has 1 aliphatic heterocycles. The van der Waals surface area contributed by atoms with E-state index in [4.69, 9.17) is 4.74 Å². The Balaban J connectivity index is 1.41. The van der Waals surface area contributed by atoms with Gasteiger partial charge in [0, 0.05) is 46.9 Å².